The van der Waals surface area contributed by atoms with Crippen LogP contribution in [-0.4, -0.2) is 27.8 Å². The molecule has 0 bridgehead atoms. The van der Waals surface area contributed by atoms with Gasteiger partial charge < -0.3 is 19.2 Å². The predicted octanol–water partition coefficient (Wildman–Crippen LogP) is 4.53. The van der Waals surface area contributed by atoms with Crippen molar-refractivity contribution in [3.63, 3.8) is 0 Å². The number of Topliss-reactive ketones (excluding diaryl/α,β-unsaturated/α-hetero) is 1. The molecule has 162 valence electrons. The highest BCUT2D eigenvalue weighted by Crippen LogP contribution is 2.41. The predicted molar refractivity (Wildman–Crippen MR) is 118 cm³/mol. The number of aryl methyl sites for hydroxylation is 1. The minimum Gasteiger partial charge on any atom is -0.507 e. The second kappa shape index (κ2) is 7.71. The normalized spacial score (nSPS) is 21.6. The smallest absolute Gasteiger partial charge is 0.296 e. The van der Waals surface area contributed by atoms with Crippen LogP contribution in [0.5, 0.6) is 5.75 Å². The number of carbonyl (C=O) groups is 2. The van der Waals surface area contributed by atoms with E-state index in [1.807, 2.05) is 43.3 Å². The Morgan fingerprint density at radius 3 is 2.59 bits per heavy atom. The highest BCUT2D eigenvalue weighted by molar-refractivity contribution is 6.46. The van der Waals surface area contributed by atoms with Crippen molar-refractivity contribution in [3.05, 3.63) is 94.4 Å². The van der Waals surface area contributed by atoms with Gasteiger partial charge in [-0.2, -0.15) is 0 Å². The number of fused-ring (bicyclic) bond motifs is 1. The number of likely N-dealkylation sites (tertiary alicyclic amines) is 1. The highest BCUT2D eigenvalue weighted by atomic mass is 16.5. The number of ketones is 1. The van der Waals surface area contributed by atoms with Crippen LogP contribution in [0.4, 0.5) is 0 Å². The van der Waals surface area contributed by atoms with Gasteiger partial charge in [0.2, 0.25) is 0 Å². The Bertz CT molecular complexity index is 1240. The summed E-state index contributed by atoms with van der Waals surface area (Å²) in [5, 5.41) is 11.2. The Balaban J connectivity index is 1.62. The molecule has 0 aliphatic carbocycles. The average Bonchev–Trinajstić information content (AvgIpc) is 3.44. The molecule has 2 aliphatic heterocycles. The first-order valence-corrected chi connectivity index (χ1v) is 10.6. The molecule has 2 aromatic carbocycles. The number of aliphatic hydroxyl groups is 1. The Labute approximate surface area is 185 Å². The van der Waals surface area contributed by atoms with Crippen LogP contribution < -0.4 is 4.74 Å². The SMILES string of the molecule is Cc1ccc([C@@H]2/C(=C(\O)c3ccc4c(c3)C[C@@H](C)O4)C(=O)C(=O)N2Cc2ccccc2)o1. The van der Waals surface area contributed by atoms with Gasteiger partial charge in [-0.05, 0) is 55.3 Å². The number of nitrogens with zero attached hydrogens (tertiary/aromatic N) is 1. The van der Waals surface area contributed by atoms with E-state index in [-0.39, 0.29) is 24.0 Å². The third kappa shape index (κ3) is 3.38. The van der Waals surface area contributed by atoms with Crippen LogP contribution in [-0.2, 0) is 22.6 Å². The maximum absolute atomic E-state index is 13.1. The Hall–Kier alpha value is -3.80. The van der Waals surface area contributed by atoms with Crippen LogP contribution in [0.15, 0.2) is 70.7 Å². The summed E-state index contributed by atoms with van der Waals surface area (Å²) < 4.78 is 11.6. The first-order chi connectivity index (χ1) is 15.4. The number of hydrogen-bond donors (Lipinski definition) is 1. The zero-order valence-electron chi connectivity index (χ0n) is 17.9. The summed E-state index contributed by atoms with van der Waals surface area (Å²) in [5.74, 6) is 0.290. The minimum atomic E-state index is -0.813. The number of ether oxygens (including phenoxy) is 1. The summed E-state index contributed by atoms with van der Waals surface area (Å²) in [7, 11) is 0. The molecule has 6 heteroatoms. The van der Waals surface area contributed by atoms with Crippen molar-refractivity contribution in [2.75, 3.05) is 0 Å². The molecule has 2 atom stereocenters. The molecule has 2 aliphatic rings. The lowest BCUT2D eigenvalue weighted by Crippen LogP contribution is -2.29. The number of carbonyl (C=O) groups excluding carboxylic acids is 2. The van der Waals surface area contributed by atoms with E-state index >= 15 is 0 Å². The molecule has 0 spiro atoms. The molecule has 0 saturated carbocycles. The van der Waals surface area contributed by atoms with Gasteiger partial charge in [0.15, 0.2) is 0 Å². The third-order valence-electron chi connectivity index (χ3n) is 5.94. The van der Waals surface area contributed by atoms with Gasteiger partial charge in [-0.1, -0.05) is 30.3 Å². The lowest BCUT2D eigenvalue weighted by molar-refractivity contribution is -0.140. The zero-order chi connectivity index (χ0) is 22.4. The lowest BCUT2D eigenvalue weighted by atomic mass is 9.97. The number of amides is 1. The molecule has 3 heterocycles. The van der Waals surface area contributed by atoms with Crippen LogP contribution in [0.2, 0.25) is 0 Å². The quantitative estimate of drug-likeness (QED) is 0.374. The van der Waals surface area contributed by atoms with Crippen molar-refractivity contribution >= 4 is 17.4 Å². The topological polar surface area (TPSA) is 80.0 Å². The standard InChI is InChI=1S/C26H23NO5/c1-15-8-10-21(31-15)23-22(24(28)18-9-11-20-19(13-18)12-16(2)32-20)25(29)26(30)27(23)14-17-6-4-3-5-7-17/h3-11,13,16,23,28H,12,14H2,1-2H3/b24-22+/t16-,23-/m1/s1. The maximum atomic E-state index is 13.1. The minimum absolute atomic E-state index is 0.0344. The van der Waals surface area contributed by atoms with Gasteiger partial charge in [0, 0.05) is 18.5 Å². The molecule has 1 N–H and O–H groups in total. The highest BCUT2D eigenvalue weighted by Gasteiger charge is 2.47. The summed E-state index contributed by atoms with van der Waals surface area (Å²) in [6.45, 7) is 4.00. The number of benzene rings is 2. The van der Waals surface area contributed by atoms with Crippen molar-refractivity contribution in [2.45, 2.75) is 39.0 Å². The second-order valence-electron chi connectivity index (χ2n) is 8.32. The molecule has 0 radical (unpaired) electrons. The van der Waals surface area contributed by atoms with Gasteiger partial charge in [-0.25, -0.2) is 0 Å². The molecule has 1 fully saturated rings. The second-order valence-corrected chi connectivity index (χ2v) is 8.32. The average molecular weight is 429 g/mol. The fourth-order valence-electron chi connectivity index (χ4n) is 4.44. The number of furan rings is 1. The largest absolute Gasteiger partial charge is 0.507 e. The van der Waals surface area contributed by atoms with E-state index < -0.39 is 17.7 Å². The van der Waals surface area contributed by atoms with E-state index in [4.69, 9.17) is 9.15 Å². The number of aliphatic hydroxyl groups excluding tert-OH is 1. The molecule has 1 aromatic heterocycles. The molecule has 0 unspecified atom stereocenters. The van der Waals surface area contributed by atoms with E-state index in [9.17, 15) is 14.7 Å². The Kier molecular flexibility index (Phi) is 4.85. The zero-order valence-corrected chi connectivity index (χ0v) is 17.9. The molecular weight excluding hydrogens is 406 g/mol. The Morgan fingerprint density at radius 1 is 1.09 bits per heavy atom. The van der Waals surface area contributed by atoms with E-state index in [0.29, 0.717) is 17.1 Å². The molecule has 5 rings (SSSR count). The fraction of sp³-hybridized carbons (Fsp3) is 0.231. The summed E-state index contributed by atoms with van der Waals surface area (Å²) in [4.78, 5) is 27.6. The van der Waals surface area contributed by atoms with Crippen molar-refractivity contribution in [1.82, 2.24) is 4.90 Å². The van der Waals surface area contributed by atoms with Gasteiger partial charge in [-0.15, -0.1) is 0 Å². The number of rotatable bonds is 4. The molecule has 1 amide bonds. The van der Waals surface area contributed by atoms with E-state index in [0.717, 1.165) is 23.3 Å². The molecule has 3 aromatic rings. The summed E-state index contributed by atoms with van der Waals surface area (Å²) in [5.41, 5.74) is 2.36. The van der Waals surface area contributed by atoms with Gasteiger partial charge in [-0.3, -0.25) is 9.59 Å². The molecule has 1 saturated heterocycles. The maximum Gasteiger partial charge on any atom is 0.296 e. The van der Waals surface area contributed by atoms with Crippen LogP contribution in [0.3, 0.4) is 0 Å². The van der Waals surface area contributed by atoms with Gasteiger partial charge in [0.25, 0.3) is 11.7 Å². The van der Waals surface area contributed by atoms with Crippen LogP contribution in [0.25, 0.3) is 5.76 Å². The van der Waals surface area contributed by atoms with Gasteiger partial charge in [0.1, 0.15) is 35.2 Å². The first-order valence-electron chi connectivity index (χ1n) is 10.6. The van der Waals surface area contributed by atoms with Gasteiger partial charge in [0.05, 0.1) is 5.57 Å². The fourth-order valence-corrected chi connectivity index (χ4v) is 4.44. The molecule has 6 nitrogen and oxygen atoms in total. The van der Waals surface area contributed by atoms with Crippen LogP contribution >= 0.6 is 0 Å². The van der Waals surface area contributed by atoms with Gasteiger partial charge >= 0.3 is 0 Å². The van der Waals surface area contributed by atoms with Crippen LogP contribution in [0, 0.1) is 6.92 Å². The third-order valence-corrected chi connectivity index (χ3v) is 5.94. The van der Waals surface area contributed by atoms with Crippen LogP contribution in [0.1, 0.15) is 41.2 Å². The van der Waals surface area contributed by atoms with E-state index in [1.54, 1.807) is 31.2 Å². The summed E-state index contributed by atoms with van der Waals surface area (Å²) in [6, 6.07) is 17.5. The number of hydrogen-bond acceptors (Lipinski definition) is 5. The summed E-state index contributed by atoms with van der Waals surface area (Å²) in [6.07, 6.45) is 0.782. The van der Waals surface area contributed by atoms with Crippen molar-refractivity contribution < 1.29 is 23.8 Å². The Morgan fingerprint density at radius 2 is 1.88 bits per heavy atom. The lowest BCUT2D eigenvalue weighted by Gasteiger charge is -2.23. The van der Waals surface area contributed by atoms with E-state index in [2.05, 4.69) is 0 Å². The molecular formula is C26H23NO5. The van der Waals surface area contributed by atoms with Crippen molar-refractivity contribution in [3.8, 4) is 5.75 Å². The molecule has 32 heavy (non-hydrogen) atoms. The van der Waals surface area contributed by atoms with E-state index in [1.165, 1.54) is 4.90 Å². The monoisotopic (exact) mass is 429 g/mol. The summed E-state index contributed by atoms with van der Waals surface area (Å²) >= 11 is 0. The van der Waals surface area contributed by atoms with Crippen molar-refractivity contribution in [1.29, 1.82) is 0 Å². The van der Waals surface area contributed by atoms with Crippen molar-refractivity contribution in [2.24, 2.45) is 0 Å². The first kappa shape index (κ1) is 20.1.